The molecule has 0 aromatic heterocycles. The van der Waals surface area contributed by atoms with E-state index in [0.29, 0.717) is 12.3 Å². The molecule has 0 saturated heterocycles. The van der Waals surface area contributed by atoms with Crippen LogP contribution in [0.2, 0.25) is 0 Å². The molecule has 0 spiro atoms. The molecular weight excluding hydrogens is 168 g/mol. The average Bonchev–Trinajstić information content (AvgIpc) is 2.53. The molecule has 0 radical (unpaired) electrons. The van der Waals surface area contributed by atoms with Gasteiger partial charge in [0.15, 0.2) is 5.60 Å². The Morgan fingerprint density at radius 1 is 1.23 bits per heavy atom. The van der Waals surface area contributed by atoms with Crippen molar-refractivity contribution in [3.63, 3.8) is 0 Å². The Labute approximate surface area is 77.8 Å². The van der Waals surface area contributed by atoms with Crippen LogP contribution in [0, 0.1) is 11.8 Å². The van der Waals surface area contributed by atoms with Gasteiger partial charge in [0.25, 0.3) is 0 Å². The van der Waals surface area contributed by atoms with Crippen molar-refractivity contribution >= 4 is 5.97 Å². The monoisotopic (exact) mass is 184 g/mol. The van der Waals surface area contributed by atoms with Gasteiger partial charge < -0.3 is 10.2 Å². The average molecular weight is 184 g/mol. The van der Waals surface area contributed by atoms with E-state index in [1.54, 1.807) is 0 Å². The molecule has 2 saturated carbocycles. The maximum Gasteiger partial charge on any atom is 0.335 e. The second kappa shape index (κ2) is 2.98. The van der Waals surface area contributed by atoms with E-state index < -0.39 is 11.6 Å². The van der Waals surface area contributed by atoms with Gasteiger partial charge in [-0.2, -0.15) is 0 Å². The number of carboxylic acid groups (broad SMARTS) is 1. The van der Waals surface area contributed by atoms with Crippen LogP contribution in [0.5, 0.6) is 0 Å². The predicted molar refractivity (Wildman–Crippen MR) is 47.3 cm³/mol. The fourth-order valence-electron chi connectivity index (χ4n) is 3.10. The Morgan fingerprint density at radius 3 is 2.62 bits per heavy atom. The smallest absolute Gasteiger partial charge is 0.335 e. The number of carboxylic acids is 1. The molecule has 0 heterocycles. The van der Waals surface area contributed by atoms with Crippen LogP contribution in [-0.2, 0) is 4.79 Å². The third kappa shape index (κ3) is 1.26. The van der Waals surface area contributed by atoms with Gasteiger partial charge >= 0.3 is 5.97 Å². The number of rotatable bonds is 1. The summed E-state index contributed by atoms with van der Waals surface area (Å²) in [6.45, 7) is 0. The highest BCUT2D eigenvalue weighted by atomic mass is 16.4. The van der Waals surface area contributed by atoms with Crippen LogP contribution in [0.4, 0.5) is 0 Å². The Bertz CT molecular complexity index is 226. The third-order valence-electron chi connectivity index (χ3n) is 3.78. The molecule has 2 N–H and O–H groups in total. The standard InChI is InChI=1S/C10H16O3/c11-9(12)10(13)6-2-4-7-3-1-5-8(7)10/h7-8,13H,1-6H2,(H,11,12). The zero-order valence-electron chi connectivity index (χ0n) is 7.70. The highest BCUT2D eigenvalue weighted by Gasteiger charge is 2.51. The van der Waals surface area contributed by atoms with Gasteiger partial charge in [-0.1, -0.05) is 12.8 Å². The minimum absolute atomic E-state index is 0.0266. The van der Waals surface area contributed by atoms with Crippen molar-refractivity contribution in [3.05, 3.63) is 0 Å². The minimum atomic E-state index is -1.40. The molecule has 0 bridgehead atoms. The van der Waals surface area contributed by atoms with Crippen LogP contribution in [0.15, 0.2) is 0 Å². The van der Waals surface area contributed by atoms with Gasteiger partial charge in [0.05, 0.1) is 0 Å². The fraction of sp³-hybridized carbons (Fsp3) is 0.900. The van der Waals surface area contributed by atoms with Gasteiger partial charge in [-0.05, 0) is 31.6 Å². The molecule has 13 heavy (non-hydrogen) atoms. The van der Waals surface area contributed by atoms with E-state index >= 15 is 0 Å². The first-order valence-corrected chi connectivity index (χ1v) is 5.10. The summed E-state index contributed by atoms with van der Waals surface area (Å²) in [5.74, 6) is -0.516. The van der Waals surface area contributed by atoms with Gasteiger partial charge in [0, 0.05) is 5.92 Å². The molecule has 3 heteroatoms. The maximum atomic E-state index is 11.0. The SMILES string of the molecule is O=C(O)C1(O)CCCC2CCCC21. The molecule has 0 aromatic rings. The number of aliphatic hydroxyl groups is 1. The topological polar surface area (TPSA) is 57.5 Å². The first-order valence-electron chi connectivity index (χ1n) is 5.10. The molecule has 2 aliphatic rings. The quantitative estimate of drug-likeness (QED) is 0.647. The normalized spacial score (nSPS) is 44.4. The molecule has 2 fully saturated rings. The molecule has 3 unspecified atom stereocenters. The van der Waals surface area contributed by atoms with Gasteiger partial charge in [0.2, 0.25) is 0 Å². The van der Waals surface area contributed by atoms with E-state index in [4.69, 9.17) is 5.11 Å². The van der Waals surface area contributed by atoms with E-state index in [-0.39, 0.29) is 5.92 Å². The van der Waals surface area contributed by atoms with Gasteiger partial charge in [-0.15, -0.1) is 0 Å². The second-order valence-corrected chi connectivity index (χ2v) is 4.42. The van der Waals surface area contributed by atoms with Gasteiger partial charge in [-0.3, -0.25) is 0 Å². The molecule has 2 rings (SSSR count). The largest absolute Gasteiger partial charge is 0.479 e. The molecule has 3 nitrogen and oxygen atoms in total. The van der Waals surface area contributed by atoms with Crippen molar-refractivity contribution in [2.45, 2.75) is 44.1 Å². The van der Waals surface area contributed by atoms with Crippen LogP contribution in [0.3, 0.4) is 0 Å². The number of hydrogen-bond acceptors (Lipinski definition) is 2. The molecule has 0 aliphatic heterocycles. The molecule has 74 valence electrons. The van der Waals surface area contributed by atoms with Crippen molar-refractivity contribution in [3.8, 4) is 0 Å². The van der Waals surface area contributed by atoms with E-state index in [2.05, 4.69) is 0 Å². The number of carbonyl (C=O) groups is 1. The number of fused-ring (bicyclic) bond motifs is 1. The van der Waals surface area contributed by atoms with Crippen LogP contribution in [0.1, 0.15) is 38.5 Å². The van der Waals surface area contributed by atoms with E-state index in [1.807, 2.05) is 0 Å². The molecule has 2 aliphatic carbocycles. The highest BCUT2D eigenvalue weighted by molar-refractivity contribution is 5.77. The Kier molecular flexibility index (Phi) is 2.06. The van der Waals surface area contributed by atoms with Crippen molar-refractivity contribution in [1.29, 1.82) is 0 Å². The summed E-state index contributed by atoms with van der Waals surface area (Å²) in [7, 11) is 0. The lowest BCUT2D eigenvalue weighted by Gasteiger charge is -2.38. The Balaban J connectivity index is 2.22. The van der Waals surface area contributed by atoms with Crippen LogP contribution < -0.4 is 0 Å². The first kappa shape index (κ1) is 9.00. The number of hydrogen-bond donors (Lipinski definition) is 2. The minimum Gasteiger partial charge on any atom is -0.479 e. The van der Waals surface area contributed by atoms with Crippen LogP contribution in [-0.4, -0.2) is 21.8 Å². The summed E-state index contributed by atoms with van der Waals surface area (Å²) >= 11 is 0. The third-order valence-corrected chi connectivity index (χ3v) is 3.78. The van der Waals surface area contributed by atoms with Crippen molar-refractivity contribution in [2.24, 2.45) is 11.8 Å². The highest BCUT2D eigenvalue weighted by Crippen LogP contribution is 2.47. The zero-order valence-corrected chi connectivity index (χ0v) is 7.70. The molecular formula is C10H16O3. The van der Waals surface area contributed by atoms with Crippen molar-refractivity contribution in [1.82, 2.24) is 0 Å². The molecule has 0 aromatic carbocycles. The van der Waals surface area contributed by atoms with Crippen LogP contribution in [0.25, 0.3) is 0 Å². The lowest BCUT2D eigenvalue weighted by molar-refractivity contribution is -0.171. The van der Waals surface area contributed by atoms with Crippen molar-refractivity contribution < 1.29 is 15.0 Å². The fourth-order valence-corrected chi connectivity index (χ4v) is 3.10. The Hall–Kier alpha value is -0.570. The molecule has 0 amide bonds. The maximum absolute atomic E-state index is 11.0. The van der Waals surface area contributed by atoms with E-state index in [0.717, 1.165) is 32.1 Å². The van der Waals surface area contributed by atoms with E-state index in [1.165, 1.54) is 0 Å². The second-order valence-electron chi connectivity index (χ2n) is 4.42. The lowest BCUT2D eigenvalue weighted by Crippen LogP contribution is -2.49. The van der Waals surface area contributed by atoms with Crippen molar-refractivity contribution in [2.75, 3.05) is 0 Å². The zero-order chi connectivity index (χ0) is 9.47. The van der Waals surface area contributed by atoms with Gasteiger partial charge in [-0.25, -0.2) is 4.79 Å². The summed E-state index contributed by atoms with van der Waals surface area (Å²) in [6.07, 6.45) is 5.52. The predicted octanol–water partition coefficient (Wildman–Crippen LogP) is 1.40. The summed E-state index contributed by atoms with van der Waals surface area (Å²) in [4.78, 5) is 11.0. The first-order chi connectivity index (χ1) is 6.14. The summed E-state index contributed by atoms with van der Waals surface area (Å²) in [5.41, 5.74) is -1.40. The lowest BCUT2D eigenvalue weighted by atomic mass is 9.70. The number of aliphatic carboxylic acids is 1. The van der Waals surface area contributed by atoms with E-state index in [9.17, 15) is 9.90 Å². The van der Waals surface area contributed by atoms with Crippen LogP contribution >= 0.6 is 0 Å². The summed E-state index contributed by atoms with van der Waals surface area (Å²) in [6, 6.07) is 0. The summed E-state index contributed by atoms with van der Waals surface area (Å²) in [5, 5.41) is 19.0. The molecule has 3 atom stereocenters. The summed E-state index contributed by atoms with van der Waals surface area (Å²) < 4.78 is 0. The Morgan fingerprint density at radius 2 is 1.92 bits per heavy atom. The van der Waals surface area contributed by atoms with Gasteiger partial charge in [0.1, 0.15) is 0 Å².